The first kappa shape index (κ1) is 15.0. The van der Waals surface area contributed by atoms with Crippen LogP contribution in [-0.4, -0.2) is 26.9 Å². The van der Waals surface area contributed by atoms with Gasteiger partial charge in [0.1, 0.15) is 11.4 Å². The Labute approximate surface area is 121 Å². The Morgan fingerprint density at radius 3 is 2.73 bits per heavy atom. The van der Waals surface area contributed by atoms with E-state index in [4.69, 9.17) is 5.73 Å². The fourth-order valence-electron chi connectivity index (χ4n) is 1.67. The summed E-state index contributed by atoms with van der Waals surface area (Å²) in [6.45, 7) is 0. The highest BCUT2D eigenvalue weighted by atomic mass is 19.1. The fourth-order valence-corrected chi connectivity index (χ4v) is 1.67. The normalized spacial score (nSPS) is 10.8. The van der Waals surface area contributed by atoms with Gasteiger partial charge in [0.15, 0.2) is 0 Å². The molecule has 2 rings (SSSR count). The summed E-state index contributed by atoms with van der Waals surface area (Å²) in [6.07, 6.45) is 0.774. The summed E-state index contributed by atoms with van der Waals surface area (Å²) in [5.74, 6) is -1.63. The van der Waals surface area contributed by atoms with Gasteiger partial charge in [-0.2, -0.15) is 5.10 Å². The van der Waals surface area contributed by atoms with E-state index in [1.165, 1.54) is 18.2 Å². The highest BCUT2D eigenvalue weighted by Gasteiger charge is 2.16. The number of hydrogen-bond acceptors (Lipinski definition) is 5. The van der Waals surface area contributed by atoms with Crippen LogP contribution in [0.3, 0.4) is 0 Å². The second kappa shape index (κ2) is 5.91. The predicted octanol–water partition coefficient (Wildman–Crippen LogP) is -0.627. The Morgan fingerprint density at radius 1 is 1.41 bits per heavy atom. The highest BCUT2D eigenvalue weighted by Crippen LogP contribution is 2.17. The first-order chi connectivity index (χ1) is 10.4. The number of rotatable bonds is 3. The van der Waals surface area contributed by atoms with Gasteiger partial charge in [-0.1, -0.05) is 12.1 Å². The molecule has 0 fully saturated rings. The number of carbonyl (C=O) groups is 1. The van der Waals surface area contributed by atoms with E-state index >= 15 is 0 Å². The van der Waals surface area contributed by atoms with E-state index < -0.39 is 34.5 Å². The SMILES string of the molecule is NC(=O)N/N=C/c1c(O)n(-c2ccccc2F)c(=O)[nH]c1=O. The summed E-state index contributed by atoms with van der Waals surface area (Å²) >= 11 is 0. The summed E-state index contributed by atoms with van der Waals surface area (Å²) in [7, 11) is 0. The van der Waals surface area contributed by atoms with Crippen LogP contribution in [0.4, 0.5) is 9.18 Å². The van der Waals surface area contributed by atoms with E-state index in [2.05, 4.69) is 5.10 Å². The molecule has 22 heavy (non-hydrogen) atoms. The van der Waals surface area contributed by atoms with Crippen molar-refractivity contribution in [2.24, 2.45) is 10.8 Å². The number of hydrazone groups is 1. The molecule has 9 nitrogen and oxygen atoms in total. The van der Waals surface area contributed by atoms with Crippen LogP contribution in [0.25, 0.3) is 5.69 Å². The summed E-state index contributed by atoms with van der Waals surface area (Å²) in [6, 6.07) is 4.16. The summed E-state index contributed by atoms with van der Waals surface area (Å²) in [4.78, 5) is 35.8. The monoisotopic (exact) mass is 307 g/mol. The number of hydrogen-bond donors (Lipinski definition) is 4. The van der Waals surface area contributed by atoms with Crippen LogP contribution in [-0.2, 0) is 0 Å². The zero-order valence-electron chi connectivity index (χ0n) is 10.9. The molecule has 114 valence electrons. The maximum absolute atomic E-state index is 13.8. The Balaban J connectivity index is 2.65. The molecule has 2 amide bonds. The predicted molar refractivity (Wildman–Crippen MR) is 74.6 cm³/mol. The number of nitrogens with two attached hydrogens (primary N) is 1. The summed E-state index contributed by atoms with van der Waals surface area (Å²) < 4.78 is 14.3. The van der Waals surface area contributed by atoms with Crippen LogP contribution in [0, 0.1) is 5.82 Å². The number of urea groups is 1. The van der Waals surface area contributed by atoms with E-state index in [9.17, 15) is 23.9 Å². The molecule has 0 unspecified atom stereocenters. The number of nitrogens with zero attached hydrogens (tertiary/aromatic N) is 2. The molecule has 0 spiro atoms. The average Bonchev–Trinajstić information content (AvgIpc) is 2.44. The van der Waals surface area contributed by atoms with E-state index in [1.54, 1.807) is 0 Å². The van der Waals surface area contributed by atoms with Crippen molar-refractivity contribution in [1.29, 1.82) is 0 Å². The van der Waals surface area contributed by atoms with E-state index in [1.807, 2.05) is 10.4 Å². The smallest absolute Gasteiger partial charge is 0.335 e. The quantitative estimate of drug-likeness (QED) is 0.442. The molecule has 0 saturated carbocycles. The van der Waals surface area contributed by atoms with Crippen molar-refractivity contribution in [2.75, 3.05) is 0 Å². The number of carbonyl (C=O) groups excluding carboxylic acids is 1. The molecule has 0 radical (unpaired) electrons. The minimum Gasteiger partial charge on any atom is -0.493 e. The third kappa shape index (κ3) is 2.85. The molecule has 0 aliphatic carbocycles. The number of H-pyrrole nitrogens is 1. The van der Waals surface area contributed by atoms with Crippen molar-refractivity contribution in [2.45, 2.75) is 0 Å². The Morgan fingerprint density at radius 2 is 2.09 bits per heavy atom. The number of aromatic amines is 1. The summed E-state index contributed by atoms with van der Waals surface area (Å²) in [5.41, 5.74) is 3.87. The van der Waals surface area contributed by atoms with Gasteiger partial charge in [0.25, 0.3) is 5.56 Å². The van der Waals surface area contributed by atoms with Gasteiger partial charge in [-0.15, -0.1) is 0 Å². The molecule has 0 atom stereocenters. The van der Waals surface area contributed by atoms with Gasteiger partial charge in [0.2, 0.25) is 5.88 Å². The molecule has 0 aliphatic heterocycles. The van der Waals surface area contributed by atoms with Gasteiger partial charge in [0.05, 0.1) is 11.9 Å². The van der Waals surface area contributed by atoms with Crippen molar-refractivity contribution in [3.63, 3.8) is 0 Å². The van der Waals surface area contributed by atoms with Gasteiger partial charge >= 0.3 is 11.7 Å². The molecule has 0 aliphatic rings. The molecule has 1 aromatic heterocycles. The van der Waals surface area contributed by atoms with Crippen LogP contribution in [0.1, 0.15) is 5.56 Å². The summed E-state index contributed by atoms with van der Waals surface area (Å²) in [5, 5.41) is 13.3. The Kier molecular flexibility index (Phi) is 4.02. The van der Waals surface area contributed by atoms with Crippen molar-refractivity contribution in [1.82, 2.24) is 15.0 Å². The van der Waals surface area contributed by atoms with Crippen molar-refractivity contribution in [3.8, 4) is 11.6 Å². The Hall–Kier alpha value is -3.43. The largest absolute Gasteiger partial charge is 0.493 e. The van der Waals surface area contributed by atoms with Crippen molar-refractivity contribution < 1.29 is 14.3 Å². The molecule has 0 saturated heterocycles. The molecular formula is C12H10FN5O4. The first-order valence-electron chi connectivity index (χ1n) is 5.83. The number of amides is 2. The van der Waals surface area contributed by atoms with E-state index in [0.717, 1.165) is 12.3 Å². The highest BCUT2D eigenvalue weighted by molar-refractivity contribution is 5.83. The lowest BCUT2D eigenvalue weighted by Gasteiger charge is -2.10. The van der Waals surface area contributed by atoms with Crippen molar-refractivity contribution >= 4 is 12.2 Å². The maximum Gasteiger partial charge on any atom is 0.335 e. The Bertz CT molecular complexity index is 871. The number of aromatic nitrogens is 2. The van der Waals surface area contributed by atoms with Gasteiger partial charge < -0.3 is 10.8 Å². The van der Waals surface area contributed by atoms with Crippen LogP contribution < -0.4 is 22.4 Å². The molecule has 1 aromatic carbocycles. The molecule has 10 heteroatoms. The second-order valence-corrected chi connectivity index (χ2v) is 4.02. The number of benzene rings is 1. The fraction of sp³-hybridized carbons (Fsp3) is 0. The molecule has 0 bridgehead atoms. The van der Waals surface area contributed by atoms with Crippen LogP contribution >= 0.6 is 0 Å². The van der Waals surface area contributed by atoms with Crippen LogP contribution in [0.5, 0.6) is 5.88 Å². The van der Waals surface area contributed by atoms with Crippen LogP contribution in [0.2, 0.25) is 0 Å². The number of para-hydroxylation sites is 1. The number of halogens is 1. The zero-order chi connectivity index (χ0) is 16.3. The molecule has 1 heterocycles. The minimum absolute atomic E-state index is 0.265. The van der Waals surface area contributed by atoms with Gasteiger partial charge in [0, 0.05) is 0 Å². The van der Waals surface area contributed by atoms with Crippen LogP contribution in [0.15, 0.2) is 39.0 Å². The lowest BCUT2D eigenvalue weighted by atomic mass is 10.2. The third-order valence-electron chi connectivity index (χ3n) is 2.58. The number of aromatic hydroxyl groups is 1. The maximum atomic E-state index is 13.8. The standard InChI is InChI=1S/C12H10FN5O4/c13-7-3-1-2-4-8(7)18-10(20)6(5-15-17-11(14)21)9(19)16-12(18)22/h1-5,20H,(H3,14,17,21)(H,16,19,22)/b15-5+. The minimum atomic E-state index is -1.03. The van der Waals surface area contributed by atoms with Gasteiger partial charge in [-0.25, -0.2) is 24.0 Å². The lowest BCUT2D eigenvalue weighted by Crippen LogP contribution is -2.32. The third-order valence-corrected chi connectivity index (χ3v) is 2.58. The van der Waals surface area contributed by atoms with E-state index in [-0.39, 0.29) is 5.69 Å². The second-order valence-electron chi connectivity index (χ2n) is 4.02. The van der Waals surface area contributed by atoms with Gasteiger partial charge in [-0.05, 0) is 12.1 Å². The number of primary amides is 1. The molecular weight excluding hydrogens is 297 g/mol. The lowest BCUT2D eigenvalue weighted by molar-refractivity contribution is 0.249. The van der Waals surface area contributed by atoms with E-state index in [0.29, 0.717) is 4.57 Å². The van der Waals surface area contributed by atoms with Crippen molar-refractivity contribution in [3.05, 3.63) is 56.5 Å². The zero-order valence-corrected chi connectivity index (χ0v) is 10.9. The average molecular weight is 307 g/mol. The number of nitrogens with one attached hydrogen (secondary N) is 2. The first-order valence-corrected chi connectivity index (χ1v) is 5.83. The topological polar surface area (TPSA) is 143 Å². The molecule has 2 aromatic rings. The van der Waals surface area contributed by atoms with Gasteiger partial charge in [-0.3, -0.25) is 9.78 Å². The molecule has 5 N–H and O–H groups in total.